The van der Waals surface area contributed by atoms with Gasteiger partial charge in [-0.2, -0.15) is 51.6 Å². The number of nitrogens with one attached hydrogen (secondary N) is 5. The van der Waals surface area contributed by atoms with Gasteiger partial charge in [0.25, 0.3) is 23.6 Å². The van der Waals surface area contributed by atoms with Gasteiger partial charge in [-0.3, -0.25) is 54.1 Å². The first-order chi connectivity index (χ1) is 53.7. The zero-order valence-electron chi connectivity index (χ0n) is 58.2. The van der Waals surface area contributed by atoms with E-state index in [2.05, 4.69) is 193 Å². The predicted molar refractivity (Wildman–Crippen MR) is 479 cm³/mol. The van der Waals surface area contributed by atoms with Crippen molar-refractivity contribution in [1.82, 2.24) is 65.7 Å². The summed E-state index contributed by atoms with van der Waals surface area (Å²) in [5.41, 5.74) is 28.1. The van der Waals surface area contributed by atoms with E-state index in [1.54, 1.807) is 82.6 Å². The Morgan fingerprint density at radius 2 is 1.00 bits per heavy atom. The molecule has 14 aromatic rings. The van der Waals surface area contributed by atoms with Crippen LogP contribution >= 0.6 is 193 Å². The lowest BCUT2D eigenvalue weighted by Gasteiger charge is -2.34. The number of piperidine rings is 1. The minimum atomic E-state index is -0.577. The number of fused-ring (bicyclic) bond motifs is 6. The predicted octanol–water partition coefficient (Wildman–Crippen LogP) is 17.6. The summed E-state index contributed by atoms with van der Waals surface area (Å²) in [6.45, 7) is 6.51. The number of nitriles is 4. The van der Waals surface area contributed by atoms with Crippen molar-refractivity contribution in [2.24, 2.45) is 22.9 Å². The normalized spacial score (nSPS) is 11.9. The Hall–Kier alpha value is -8.73. The Kier molecular flexibility index (Phi) is 32.6. The number of nitrogens with two attached hydrogens (primary N) is 4. The van der Waals surface area contributed by atoms with Crippen molar-refractivity contribution in [2.45, 2.75) is 45.3 Å². The van der Waals surface area contributed by atoms with Crippen molar-refractivity contribution in [3.05, 3.63) is 230 Å². The van der Waals surface area contributed by atoms with Crippen LogP contribution in [0.15, 0.2) is 150 Å². The van der Waals surface area contributed by atoms with Crippen LogP contribution in [0.25, 0.3) is 65.4 Å². The number of benzene rings is 8. The molecule has 1 atom stereocenters. The first kappa shape index (κ1) is 89.8. The van der Waals surface area contributed by atoms with Gasteiger partial charge in [0, 0.05) is 67.7 Å². The molecule has 0 radical (unpaired) electrons. The summed E-state index contributed by atoms with van der Waals surface area (Å²) >= 11 is 26.5. The highest BCUT2D eigenvalue weighted by atomic mass is 127. The van der Waals surface area contributed by atoms with Crippen molar-refractivity contribution in [1.29, 1.82) is 21.0 Å². The van der Waals surface area contributed by atoms with Gasteiger partial charge < -0.3 is 32.6 Å². The van der Waals surface area contributed by atoms with Crippen molar-refractivity contribution in [3.63, 3.8) is 0 Å². The van der Waals surface area contributed by atoms with E-state index < -0.39 is 35.0 Å². The summed E-state index contributed by atoms with van der Waals surface area (Å²) in [6.07, 6.45) is 8.37. The van der Waals surface area contributed by atoms with Crippen LogP contribution in [0.4, 0.5) is 13.6 Å². The van der Waals surface area contributed by atoms with Gasteiger partial charge in [-0.15, -0.1) is 0 Å². The minimum absolute atomic E-state index is 0.0805. The second-order valence-corrected chi connectivity index (χ2v) is 34.0. The number of amides is 5. The molecule has 1 fully saturated rings. The van der Waals surface area contributed by atoms with E-state index in [0.29, 0.717) is 117 Å². The van der Waals surface area contributed by atoms with Gasteiger partial charge in [0.1, 0.15) is 36.2 Å². The molecule has 1 aliphatic rings. The van der Waals surface area contributed by atoms with Gasteiger partial charge in [-0.1, -0.05) is 63.7 Å². The molecule has 0 bridgehead atoms. The van der Waals surface area contributed by atoms with Crippen LogP contribution in [0, 0.1) is 75.1 Å². The number of primary amides is 4. The number of ether oxygens (including phenoxy) is 1. The number of aromatic nitrogens is 12. The fourth-order valence-electron chi connectivity index (χ4n) is 10.5. The SMILES string of the molecule is Brc1ccc(I)c2[nH]ncc12.CC(C)(C)OC(=O)N1CCC[C@@H](n2nc(I)c3c(C#N)ccc(C(N)=O)c32)C1.Fc1cc(Br)ccc1I.N#Cc1ccc(Br)c2cn[nH]c12.N#Cc1ccc(C(N)=O)c2[nH]ncc12.N#Cc1ccc(C(N)=O)c2n[nH]c(I)c12.NC(=O)c1ccc(Br)c2cn[nH]c12.O=Cc1c(Br)ccc(I)c1F. The molecule has 113 heavy (non-hydrogen) atoms. The van der Waals surface area contributed by atoms with Crippen LogP contribution in [0.3, 0.4) is 0 Å². The van der Waals surface area contributed by atoms with Crippen LogP contribution in [0.2, 0.25) is 0 Å². The Morgan fingerprint density at radius 1 is 0.549 bits per heavy atom. The Balaban J connectivity index is 0.000000166. The number of hydrogen-bond donors (Lipinski definition) is 9. The summed E-state index contributed by atoms with van der Waals surface area (Å²) in [5, 5.41) is 78.5. The largest absolute Gasteiger partial charge is 0.444 e. The van der Waals surface area contributed by atoms with Gasteiger partial charge in [0.15, 0.2) is 6.29 Å². The molecule has 5 amide bonds. The molecule has 15 rings (SSSR count). The van der Waals surface area contributed by atoms with Crippen molar-refractivity contribution >= 4 is 294 Å². The number of likely N-dealkylation sites (tertiary alicyclic amines) is 1. The fraction of sp³-hybridized carbons (Fsp3) is 0.123. The third-order valence-electron chi connectivity index (χ3n) is 15.7. The van der Waals surface area contributed by atoms with Crippen LogP contribution in [-0.2, 0) is 4.74 Å². The minimum Gasteiger partial charge on any atom is -0.444 e. The zero-order chi connectivity index (χ0) is 82.9. The Morgan fingerprint density at radius 3 is 1.53 bits per heavy atom. The molecular formula is C73H53Br5F2I5N21O7. The van der Waals surface area contributed by atoms with Crippen LogP contribution in [0.5, 0.6) is 0 Å². The lowest BCUT2D eigenvalue weighted by atomic mass is 10.0. The summed E-state index contributed by atoms with van der Waals surface area (Å²) in [4.78, 5) is 69.6. The maximum Gasteiger partial charge on any atom is 0.410 e. The van der Waals surface area contributed by atoms with E-state index in [-0.39, 0.29) is 23.5 Å². The van der Waals surface area contributed by atoms with E-state index in [0.717, 1.165) is 61.6 Å². The Labute approximate surface area is 749 Å². The number of carbonyl (C=O) groups is 6. The quantitative estimate of drug-likeness (QED) is 0.0424. The van der Waals surface area contributed by atoms with Crippen LogP contribution in [0.1, 0.15) is 114 Å². The second kappa shape index (κ2) is 41.0. The lowest BCUT2D eigenvalue weighted by molar-refractivity contribution is 0.0168. The molecule has 0 unspecified atom stereocenters. The summed E-state index contributed by atoms with van der Waals surface area (Å²) in [6, 6.07) is 36.8. The van der Waals surface area contributed by atoms with E-state index >= 15 is 0 Å². The zero-order valence-corrected chi connectivity index (χ0v) is 76.9. The molecule has 6 aromatic heterocycles. The maximum absolute atomic E-state index is 13.0. The third kappa shape index (κ3) is 22.4. The first-order valence-electron chi connectivity index (χ1n) is 32.0. The third-order valence-corrected chi connectivity index (χ3v) is 23.1. The number of carbonyl (C=O) groups excluding carboxylic acids is 6. The van der Waals surface area contributed by atoms with E-state index in [1.165, 1.54) is 28.0 Å². The molecule has 28 nitrogen and oxygen atoms in total. The molecule has 8 aromatic carbocycles. The number of nitrogens with zero attached hydrogens (tertiary/aromatic N) is 12. The number of aldehydes is 1. The second-order valence-electron chi connectivity index (χ2n) is 24.1. The number of aromatic amines is 5. The molecular weight excluding hydrogens is 2350 g/mol. The van der Waals surface area contributed by atoms with Crippen LogP contribution in [-0.4, -0.2) is 120 Å². The van der Waals surface area contributed by atoms with Gasteiger partial charge >= 0.3 is 6.09 Å². The van der Waals surface area contributed by atoms with Gasteiger partial charge in [-0.05, 0) is 266 Å². The summed E-state index contributed by atoms with van der Waals surface area (Å²) in [7, 11) is 0. The topological polar surface area (TPSA) is 475 Å². The molecule has 1 aliphatic heterocycles. The first-order valence-corrected chi connectivity index (χ1v) is 41.3. The molecule has 1 saturated heterocycles. The highest BCUT2D eigenvalue weighted by molar-refractivity contribution is 14.1. The molecule has 40 heteroatoms. The van der Waals surface area contributed by atoms with E-state index in [4.69, 9.17) is 43.5 Å². The molecule has 13 N–H and O–H groups in total. The average Bonchev–Trinajstić information content (AvgIpc) is 1.61. The molecule has 7 heterocycles. The summed E-state index contributed by atoms with van der Waals surface area (Å²) < 4.78 is 40.6. The molecule has 0 aliphatic carbocycles. The molecule has 0 spiro atoms. The average molecular weight is 2410 g/mol. The maximum atomic E-state index is 13.0. The van der Waals surface area contributed by atoms with Gasteiger partial charge in [0.05, 0.1) is 137 Å². The highest BCUT2D eigenvalue weighted by Crippen LogP contribution is 2.35. The van der Waals surface area contributed by atoms with Gasteiger partial charge in [-0.25, -0.2) is 13.6 Å². The Bertz CT molecular complexity index is 6140. The molecule has 576 valence electrons. The van der Waals surface area contributed by atoms with E-state index in [9.17, 15) is 42.8 Å². The summed E-state index contributed by atoms with van der Waals surface area (Å²) in [5.74, 6) is -2.76. The lowest BCUT2D eigenvalue weighted by Crippen LogP contribution is -2.43. The standard InChI is InChI=1S/C19H22IN5O3.C9H5IN4O.C9H6N4O.C8H6BrN3O.C8H4BrN3.C7H3BrFIO.C7H4BrIN2.C6H3BrFI/c1-19(2,3)28-18(27)24-8-4-5-12(10-24)25-15-13(17(22)26)7-6-11(9-21)14(15)16(20)23-25;10-8-6-4(3-11)1-2-5(9(12)15)7(6)13-14-8;10-3-5-1-2-6(9(11)14)8-7(5)4-12-13-8;9-6-2-1-4(8(10)13)7-5(6)3-11-12-7;9-7-2-1-5(3-10)8-6(7)4-11-12-8;8-5-1-2-6(10)7(9)4(5)3-11;8-5-1-2-6(9)7-4(5)3-10-11-7;7-4-1-2-6(9)5(8)3-4/h6-7,12H,4-5,8,10H2,1-3H3,(H2,22,26);1-2H,(H2,12,15)(H,13,14);1-2,4H,(H2,11,14)(H,12,13);1-3H,(H2,10,13)(H,11,12);1-2,4H,(H,11,12);1-3H;1-3H,(H,10,11);1-3H/t12-;;;;;;;/m1......./s1. The van der Waals surface area contributed by atoms with Crippen molar-refractivity contribution in [2.75, 3.05) is 13.1 Å². The fourth-order valence-corrected chi connectivity index (χ4v) is 15.4. The monoisotopic (exact) mass is 2400 g/mol. The molecule has 0 saturated carbocycles. The number of rotatable bonds is 6. The van der Waals surface area contributed by atoms with E-state index in [1.807, 2.05) is 131 Å². The van der Waals surface area contributed by atoms with Gasteiger partial charge in [0.2, 0.25) is 0 Å². The van der Waals surface area contributed by atoms with Crippen molar-refractivity contribution < 1.29 is 42.3 Å². The highest BCUT2D eigenvalue weighted by Gasteiger charge is 2.32. The number of halogens is 12. The number of H-pyrrole nitrogens is 5. The van der Waals surface area contributed by atoms with Crippen molar-refractivity contribution in [3.8, 4) is 24.3 Å². The smallest absolute Gasteiger partial charge is 0.410 e. The number of hydrogen-bond acceptors (Lipinski definition) is 17. The van der Waals surface area contributed by atoms with Crippen LogP contribution < -0.4 is 22.9 Å².